The Labute approximate surface area is 340 Å². The SMILES string of the molecule is CCCC(CCC)C(=O)O.CCCC(CCC)C(=O)[O-].CN(C)c1ccc(O)c2c1C[C@H]1C[C@H]3[C@H](N(C)C)C(=O)C(C(N)=O)=C(O)[C@@]3(O)C(=O)C1=C2O.[Na+]. The molecule has 3 aliphatic rings. The molecular weight excluding hydrogens is 709 g/mol. The van der Waals surface area contributed by atoms with E-state index in [1.165, 1.54) is 11.0 Å². The fourth-order valence-electron chi connectivity index (χ4n) is 7.81. The number of carboxylic acids is 2. The first kappa shape index (κ1) is 48.6. The summed E-state index contributed by atoms with van der Waals surface area (Å²) >= 11 is 0. The van der Waals surface area contributed by atoms with Crippen molar-refractivity contribution in [3.8, 4) is 5.75 Å². The van der Waals surface area contributed by atoms with Crippen molar-refractivity contribution in [1.82, 2.24) is 4.90 Å². The van der Waals surface area contributed by atoms with E-state index in [4.69, 9.17) is 10.8 Å². The standard InChI is InChI=1S/C23H27N3O7.2C8H16O2.Na/c1-25(2)12-5-6-13(27)15-10(12)7-9-8-11-17(26(3)4)19(29)16(22(24)32)21(31)23(11,33)20(30)14(9)18(15)28;2*1-3-5-7(6-4-2)8(9)10;/h5-6,9,11,17,27-28,31,33H,7-8H2,1-4H3,(H2,24,32);2*7H,3-6H2,1-2H3,(H,9,10);/q;;;+1/p-1/t9-,11-,17-,23-;;;/m0.../s1. The van der Waals surface area contributed by atoms with Crippen LogP contribution in [0.2, 0.25) is 0 Å². The van der Waals surface area contributed by atoms with E-state index in [1.54, 1.807) is 20.2 Å². The zero-order valence-electron chi connectivity index (χ0n) is 33.3. The van der Waals surface area contributed by atoms with Crippen LogP contribution in [0.1, 0.15) is 96.6 Å². The van der Waals surface area contributed by atoms with Gasteiger partial charge in [-0.1, -0.05) is 53.4 Å². The van der Waals surface area contributed by atoms with E-state index in [0.29, 0.717) is 5.56 Å². The van der Waals surface area contributed by atoms with Gasteiger partial charge in [0.15, 0.2) is 11.4 Å². The van der Waals surface area contributed by atoms with Gasteiger partial charge < -0.3 is 46.1 Å². The van der Waals surface area contributed by atoms with Gasteiger partial charge in [0.05, 0.1) is 17.5 Å². The fourth-order valence-corrected chi connectivity index (χ4v) is 7.81. The van der Waals surface area contributed by atoms with E-state index in [-0.39, 0.29) is 71.1 Å². The minimum atomic E-state index is -2.63. The number of carbonyl (C=O) groups is 5. The fraction of sp³-hybridized carbons (Fsp3) is 0.615. The van der Waals surface area contributed by atoms with Gasteiger partial charge in [0.2, 0.25) is 5.78 Å². The van der Waals surface area contributed by atoms with Gasteiger partial charge in [-0.2, -0.15) is 0 Å². The Kier molecular flexibility index (Phi) is 18.9. The Morgan fingerprint density at radius 1 is 0.907 bits per heavy atom. The number of likely N-dealkylation sites (N-methyl/N-ethyl adjacent to an activating group) is 1. The molecule has 54 heavy (non-hydrogen) atoms. The second-order valence-corrected chi connectivity index (χ2v) is 14.5. The van der Waals surface area contributed by atoms with Crippen molar-refractivity contribution in [2.24, 2.45) is 29.4 Å². The normalized spacial score (nSPS) is 21.6. The molecule has 1 fully saturated rings. The van der Waals surface area contributed by atoms with E-state index in [2.05, 4.69) is 0 Å². The molecule has 1 amide bonds. The number of hydrogen-bond acceptors (Lipinski definition) is 12. The molecule has 0 aromatic heterocycles. The molecule has 0 unspecified atom stereocenters. The van der Waals surface area contributed by atoms with Crippen LogP contribution in [-0.4, -0.2) is 99.7 Å². The number of phenolic OH excluding ortho intramolecular Hbond substituents is 1. The summed E-state index contributed by atoms with van der Waals surface area (Å²) in [4.78, 5) is 62.8. The number of anilines is 1. The maximum absolute atomic E-state index is 13.7. The first-order chi connectivity index (χ1) is 24.8. The molecule has 1 aromatic rings. The molecule has 1 saturated carbocycles. The predicted octanol–water partition coefficient (Wildman–Crippen LogP) is 0.274. The summed E-state index contributed by atoms with van der Waals surface area (Å²) in [7, 11) is 6.75. The van der Waals surface area contributed by atoms with Crippen molar-refractivity contribution in [3.05, 3.63) is 40.2 Å². The summed E-state index contributed by atoms with van der Waals surface area (Å²) in [5, 5.41) is 62.9. The number of Topliss-reactive ketones (excluding diaryl/α,β-unsaturated/α-hetero) is 2. The first-order valence-electron chi connectivity index (χ1n) is 18.4. The number of aliphatic carboxylic acids is 2. The van der Waals surface area contributed by atoms with E-state index in [1.807, 2.05) is 46.7 Å². The van der Waals surface area contributed by atoms with Crippen LogP contribution in [0.15, 0.2) is 29.0 Å². The van der Waals surface area contributed by atoms with Crippen molar-refractivity contribution < 1.29 is 84.2 Å². The van der Waals surface area contributed by atoms with Crippen LogP contribution in [0.5, 0.6) is 5.75 Å². The van der Waals surface area contributed by atoms with Crippen molar-refractivity contribution in [2.75, 3.05) is 33.1 Å². The molecule has 4 atom stereocenters. The van der Waals surface area contributed by atoms with Crippen LogP contribution in [0.3, 0.4) is 0 Å². The van der Waals surface area contributed by atoms with Crippen molar-refractivity contribution in [1.29, 1.82) is 0 Å². The number of benzene rings is 1. The smallest absolute Gasteiger partial charge is 0.550 e. The van der Waals surface area contributed by atoms with Crippen molar-refractivity contribution in [3.63, 3.8) is 0 Å². The molecule has 0 spiro atoms. The molecule has 0 aliphatic heterocycles. The number of amides is 1. The summed E-state index contributed by atoms with van der Waals surface area (Å²) in [5.41, 5.74) is 3.15. The van der Waals surface area contributed by atoms with Gasteiger partial charge in [0.25, 0.3) is 5.91 Å². The van der Waals surface area contributed by atoms with Gasteiger partial charge in [0, 0.05) is 37.2 Å². The Hall–Kier alpha value is -3.43. The molecule has 0 heterocycles. The van der Waals surface area contributed by atoms with Gasteiger partial charge in [0.1, 0.15) is 22.8 Å². The average molecular weight is 768 g/mol. The number of aliphatic hydroxyl groups is 3. The number of nitrogens with two attached hydrogens (primary N) is 1. The molecular formula is C39H58N3NaO11. The van der Waals surface area contributed by atoms with Gasteiger partial charge in [-0.15, -0.1) is 0 Å². The molecule has 0 saturated heterocycles. The third kappa shape index (κ3) is 10.2. The second kappa shape index (κ2) is 21.0. The summed E-state index contributed by atoms with van der Waals surface area (Å²) in [6.07, 6.45) is 7.29. The molecule has 296 valence electrons. The zero-order chi connectivity index (χ0) is 40.5. The van der Waals surface area contributed by atoms with E-state index < -0.39 is 70.0 Å². The number of rotatable bonds is 13. The summed E-state index contributed by atoms with van der Waals surface area (Å²) in [6, 6.07) is 2.01. The van der Waals surface area contributed by atoms with E-state index in [9.17, 15) is 49.5 Å². The Bertz CT molecular complexity index is 1570. The van der Waals surface area contributed by atoms with Crippen molar-refractivity contribution >= 4 is 40.9 Å². The Morgan fingerprint density at radius 2 is 1.41 bits per heavy atom. The minimum absolute atomic E-state index is 0. The van der Waals surface area contributed by atoms with Gasteiger partial charge in [-0.25, -0.2) is 0 Å². The summed E-state index contributed by atoms with van der Waals surface area (Å²) < 4.78 is 0. The third-order valence-electron chi connectivity index (χ3n) is 10.3. The molecule has 4 rings (SSSR count). The van der Waals surface area contributed by atoms with E-state index in [0.717, 1.165) is 57.1 Å². The minimum Gasteiger partial charge on any atom is -0.550 e. The summed E-state index contributed by atoms with van der Waals surface area (Å²) in [5.74, 6) is -8.38. The van der Waals surface area contributed by atoms with Crippen LogP contribution in [-0.2, 0) is 30.4 Å². The quantitative estimate of drug-likeness (QED) is 0.117. The van der Waals surface area contributed by atoms with Crippen molar-refractivity contribution in [2.45, 2.75) is 104 Å². The Balaban J connectivity index is 0.000000573. The largest absolute Gasteiger partial charge is 1.00 e. The number of nitrogens with zero attached hydrogens (tertiary/aromatic N) is 2. The predicted molar refractivity (Wildman–Crippen MR) is 198 cm³/mol. The number of aromatic hydroxyl groups is 1. The van der Waals surface area contributed by atoms with E-state index >= 15 is 0 Å². The van der Waals surface area contributed by atoms with Gasteiger partial charge in [-0.3, -0.25) is 24.1 Å². The number of hydrogen-bond donors (Lipinski definition) is 6. The van der Waals surface area contributed by atoms with Crippen LogP contribution in [0.4, 0.5) is 5.69 Å². The number of carbonyl (C=O) groups excluding carboxylic acids is 4. The van der Waals surface area contributed by atoms with Gasteiger partial charge >= 0.3 is 35.5 Å². The Morgan fingerprint density at radius 3 is 1.81 bits per heavy atom. The van der Waals surface area contributed by atoms with Crippen LogP contribution in [0, 0.1) is 23.7 Å². The summed E-state index contributed by atoms with van der Waals surface area (Å²) in [6.45, 7) is 8.02. The molecule has 3 aliphatic carbocycles. The monoisotopic (exact) mass is 767 g/mol. The molecule has 0 bridgehead atoms. The van der Waals surface area contributed by atoms with Crippen LogP contribution < -0.4 is 45.3 Å². The second-order valence-electron chi connectivity index (χ2n) is 14.5. The van der Waals surface area contributed by atoms with Gasteiger partial charge in [-0.05, 0) is 82.2 Å². The molecule has 1 aromatic carbocycles. The average Bonchev–Trinajstić information content (AvgIpc) is 3.06. The molecule has 7 N–H and O–H groups in total. The number of carboxylic acid groups (broad SMARTS) is 2. The number of ketones is 2. The topological polar surface area (TPSA) is 242 Å². The maximum Gasteiger partial charge on any atom is 1.00 e. The number of phenols is 1. The maximum atomic E-state index is 13.7. The molecule has 15 heteroatoms. The number of fused-ring (bicyclic) bond motifs is 3. The third-order valence-corrected chi connectivity index (χ3v) is 10.3. The van der Waals surface area contributed by atoms with Crippen LogP contribution in [0.25, 0.3) is 5.76 Å². The van der Waals surface area contributed by atoms with Crippen LogP contribution >= 0.6 is 0 Å². The molecule has 0 radical (unpaired) electrons. The zero-order valence-corrected chi connectivity index (χ0v) is 35.3. The number of aliphatic hydroxyl groups excluding tert-OH is 2. The first-order valence-corrected chi connectivity index (χ1v) is 18.4. The number of primary amides is 1. The molecule has 14 nitrogen and oxygen atoms in total.